The van der Waals surface area contributed by atoms with Gasteiger partial charge in [0.15, 0.2) is 0 Å². The van der Waals surface area contributed by atoms with Gasteiger partial charge in [0.1, 0.15) is 5.82 Å². The molecular formula is C23H22FN3O5S. The number of benzene rings is 3. The van der Waals surface area contributed by atoms with Gasteiger partial charge in [0.25, 0.3) is 5.69 Å². The Bertz CT molecular complexity index is 1290. The summed E-state index contributed by atoms with van der Waals surface area (Å²) in [7, 11) is -4.15. The van der Waals surface area contributed by atoms with Crippen LogP contribution in [0, 0.1) is 29.8 Å². The van der Waals surface area contributed by atoms with Crippen LogP contribution < -0.4 is 5.32 Å². The van der Waals surface area contributed by atoms with Crippen molar-refractivity contribution in [3.63, 3.8) is 0 Å². The summed E-state index contributed by atoms with van der Waals surface area (Å²) in [5.74, 6) is -1.32. The van der Waals surface area contributed by atoms with Crippen molar-refractivity contribution in [1.29, 1.82) is 0 Å². The minimum absolute atomic E-state index is 0.0382. The quantitative estimate of drug-likeness (QED) is 0.392. The molecule has 0 aliphatic carbocycles. The SMILES string of the molecule is Cc1ccc(S(=O)(=O)N(CC(=O)Nc2cc([N+](=O)[O-])ccc2C)Cc2ccccc2F)cc1. The van der Waals surface area contributed by atoms with Crippen molar-refractivity contribution in [2.75, 3.05) is 11.9 Å². The lowest BCUT2D eigenvalue weighted by Gasteiger charge is -2.22. The summed E-state index contributed by atoms with van der Waals surface area (Å²) < 4.78 is 41.7. The zero-order chi connectivity index (χ0) is 24.2. The fourth-order valence-electron chi connectivity index (χ4n) is 3.11. The highest BCUT2D eigenvalue weighted by atomic mass is 32.2. The Kier molecular flexibility index (Phi) is 7.19. The Morgan fingerprint density at radius 2 is 1.73 bits per heavy atom. The number of nitrogens with zero attached hydrogens (tertiary/aromatic N) is 2. The van der Waals surface area contributed by atoms with Crippen molar-refractivity contribution < 1.29 is 22.5 Å². The van der Waals surface area contributed by atoms with E-state index in [-0.39, 0.29) is 28.4 Å². The minimum atomic E-state index is -4.15. The molecule has 3 aromatic carbocycles. The van der Waals surface area contributed by atoms with Gasteiger partial charge >= 0.3 is 0 Å². The Morgan fingerprint density at radius 1 is 1.06 bits per heavy atom. The molecule has 10 heteroatoms. The fourth-order valence-corrected chi connectivity index (χ4v) is 4.48. The van der Waals surface area contributed by atoms with E-state index >= 15 is 0 Å². The summed E-state index contributed by atoms with van der Waals surface area (Å²) in [6.07, 6.45) is 0. The number of hydrogen-bond acceptors (Lipinski definition) is 5. The van der Waals surface area contributed by atoms with Crippen LogP contribution in [-0.2, 0) is 21.4 Å². The maximum absolute atomic E-state index is 14.3. The average Bonchev–Trinajstić information content (AvgIpc) is 2.76. The highest BCUT2D eigenvalue weighted by Crippen LogP contribution is 2.23. The van der Waals surface area contributed by atoms with Gasteiger partial charge in [-0.15, -0.1) is 0 Å². The molecule has 0 saturated carbocycles. The molecule has 0 atom stereocenters. The van der Waals surface area contributed by atoms with Crippen molar-refractivity contribution >= 4 is 27.3 Å². The topological polar surface area (TPSA) is 110 Å². The van der Waals surface area contributed by atoms with Crippen LogP contribution in [0.2, 0.25) is 0 Å². The molecule has 3 aromatic rings. The number of anilines is 1. The number of hydrogen-bond donors (Lipinski definition) is 1. The van der Waals surface area contributed by atoms with Crippen LogP contribution in [0.25, 0.3) is 0 Å². The molecular weight excluding hydrogens is 449 g/mol. The molecule has 33 heavy (non-hydrogen) atoms. The van der Waals surface area contributed by atoms with Crippen LogP contribution in [0.15, 0.2) is 71.6 Å². The molecule has 0 bridgehead atoms. The maximum Gasteiger partial charge on any atom is 0.271 e. The molecule has 1 amide bonds. The largest absolute Gasteiger partial charge is 0.324 e. The Balaban J connectivity index is 1.92. The zero-order valence-electron chi connectivity index (χ0n) is 18.0. The van der Waals surface area contributed by atoms with Gasteiger partial charge in [0, 0.05) is 24.2 Å². The van der Waals surface area contributed by atoms with Gasteiger partial charge < -0.3 is 5.32 Å². The number of non-ortho nitro benzene ring substituents is 1. The molecule has 0 fully saturated rings. The first-order valence-corrected chi connectivity index (χ1v) is 11.4. The van der Waals surface area contributed by atoms with E-state index in [1.807, 2.05) is 6.92 Å². The summed E-state index contributed by atoms with van der Waals surface area (Å²) in [6, 6.07) is 15.8. The number of halogens is 1. The summed E-state index contributed by atoms with van der Waals surface area (Å²) in [5.41, 5.74) is 1.50. The predicted molar refractivity (Wildman–Crippen MR) is 122 cm³/mol. The molecule has 3 rings (SSSR count). The number of nitro groups is 1. The normalized spacial score (nSPS) is 11.4. The van der Waals surface area contributed by atoms with Gasteiger partial charge in [-0.3, -0.25) is 14.9 Å². The van der Waals surface area contributed by atoms with Crippen LogP contribution >= 0.6 is 0 Å². The number of rotatable bonds is 8. The molecule has 0 aromatic heterocycles. The number of sulfonamides is 1. The number of amides is 1. The van der Waals surface area contributed by atoms with Gasteiger partial charge in [-0.2, -0.15) is 4.31 Å². The molecule has 172 valence electrons. The van der Waals surface area contributed by atoms with Crippen LogP contribution in [0.1, 0.15) is 16.7 Å². The van der Waals surface area contributed by atoms with Crippen molar-refractivity contribution in [2.24, 2.45) is 0 Å². The highest BCUT2D eigenvalue weighted by molar-refractivity contribution is 7.89. The lowest BCUT2D eigenvalue weighted by molar-refractivity contribution is -0.384. The average molecular weight is 472 g/mol. The number of nitrogens with one attached hydrogen (secondary N) is 1. The third-order valence-corrected chi connectivity index (χ3v) is 6.80. The minimum Gasteiger partial charge on any atom is -0.324 e. The van der Waals surface area contributed by atoms with Crippen LogP contribution in [0.5, 0.6) is 0 Å². The summed E-state index contributed by atoms with van der Waals surface area (Å²) in [4.78, 5) is 23.2. The van der Waals surface area contributed by atoms with Gasteiger partial charge in [0.2, 0.25) is 15.9 Å². The molecule has 0 spiro atoms. The van der Waals surface area contributed by atoms with E-state index < -0.39 is 33.2 Å². The Morgan fingerprint density at radius 3 is 2.36 bits per heavy atom. The lowest BCUT2D eigenvalue weighted by atomic mass is 10.2. The van der Waals surface area contributed by atoms with Crippen LogP contribution in [-0.4, -0.2) is 30.1 Å². The molecule has 0 radical (unpaired) electrons. The van der Waals surface area contributed by atoms with E-state index in [9.17, 15) is 27.7 Å². The molecule has 8 nitrogen and oxygen atoms in total. The molecule has 1 N–H and O–H groups in total. The number of aryl methyl sites for hydroxylation is 2. The Labute approximate surface area is 190 Å². The molecule has 0 unspecified atom stereocenters. The van der Waals surface area contributed by atoms with E-state index in [4.69, 9.17) is 0 Å². The highest BCUT2D eigenvalue weighted by Gasteiger charge is 2.28. The van der Waals surface area contributed by atoms with Gasteiger partial charge in [0.05, 0.1) is 22.1 Å². The molecule has 0 aliphatic rings. The number of carbonyl (C=O) groups is 1. The smallest absolute Gasteiger partial charge is 0.271 e. The molecule has 0 aliphatic heterocycles. The van der Waals surface area contributed by atoms with Crippen molar-refractivity contribution in [3.8, 4) is 0 Å². The second-order valence-corrected chi connectivity index (χ2v) is 9.42. The van der Waals surface area contributed by atoms with E-state index in [0.29, 0.717) is 5.56 Å². The summed E-state index contributed by atoms with van der Waals surface area (Å²) >= 11 is 0. The van der Waals surface area contributed by atoms with Crippen LogP contribution in [0.4, 0.5) is 15.8 Å². The summed E-state index contributed by atoms with van der Waals surface area (Å²) in [6.45, 7) is 2.47. The second-order valence-electron chi connectivity index (χ2n) is 7.48. The molecule has 0 saturated heterocycles. The first-order valence-electron chi connectivity index (χ1n) is 9.93. The van der Waals surface area contributed by atoms with Gasteiger partial charge in [-0.25, -0.2) is 12.8 Å². The third kappa shape index (κ3) is 5.79. The van der Waals surface area contributed by atoms with E-state index in [1.54, 1.807) is 25.1 Å². The second kappa shape index (κ2) is 9.88. The number of carbonyl (C=O) groups excluding carboxylic acids is 1. The fraction of sp³-hybridized carbons (Fsp3) is 0.174. The third-order valence-electron chi connectivity index (χ3n) is 4.99. The first kappa shape index (κ1) is 24.0. The van der Waals surface area contributed by atoms with E-state index in [1.165, 1.54) is 48.5 Å². The van der Waals surface area contributed by atoms with E-state index in [0.717, 1.165) is 9.87 Å². The molecule has 0 heterocycles. The van der Waals surface area contributed by atoms with Crippen molar-refractivity contribution in [3.05, 3.63) is 99.4 Å². The van der Waals surface area contributed by atoms with Crippen molar-refractivity contribution in [1.82, 2.24) is 4.31 Å². The predicted octanol–water partition coefficient (Wildman–Crippen LogP) is 4.18. The van der Waals surface area contributed by atoms with Crippen LogP contribution in [0.3, 0.4) is 0 Å². The lowest BCUT2D eigenvalue weighted by Crippen LogP contribution is -2.37. The standard InChI is InChI=1S/C23H22FN3O5S/c1-16-7-11-20(12-8-16)33(31,32)26(14-18-5-3-4-6-21(18)24)15-23(28)25-22-13-19(27(29)30)10-9-17(22)2/h3-13H,14-15H2,1-2H3,(H,25,28). The Hall–Kier alpha value is -3.63. The first-order chi connectivity index (χ1) is 15.6. The monoisotopic (exact) mass is 471 g/mol. The van der Waals surface area contributed by atoms with Gasteiger partial charge in [-0.05, 0) is 37.6 Å². The van der Waals surface area contributed by atoms with Gasteiger partial charge in [-0.1, -0.05) is 42.0 Å². The zero-order valence-corrected chi connectivity index (χ0v) is 18.8. The van der Waals surface area contributed by atoms with Crippen molar-refractivity contribution in [2.45, 2.75) is 25.3 Å². The summed E-state index contributed by atoms with van der Waals surface area (Å²) in [5, 5.41) is 13.6. The van der Waals surface area contributed by atoms with E-state index in [2.05, 4.69) is 5.32 Å². The maximum atomic E-state index is 14.3. The number of nitro benzene ring substituents is 1.